The molecule has 1 atom stereocenters. The SMILES string of the molecule is CC(=O)ON(C(=O)Nc1cccc(CCCCOCCCCCCNC[C@H](O)c2ccc(O)c(CO)c2)c1)c1cc(C(F)(F)F)cc(C(F)(F)F)c1. The van der Waals surface area contributed by atoms with Crippen LogP contribution >= 0.6 is 0 Å². The maximum absolute atomic E-state index is 13.4. The number of unbranched alkanes of at least 4 members (excludes halogenated alkanes) is 4. The Morgan fingerprint density at radius 1 is 0.846 bits per heavy atom. The lowest BCUT2D eigenvalue weighted by Gasteiger charge is -2.23. The van der Waals surface area contributed by atoms with E-state index < -0.39 is 47.3 Å². The zero-order valence-electron chi connectivity index (χ0n) is 28.5. The van der Waals surface area contributed by atoms with Crippen LogP contribution in [-0.2, 0) is 39.7 Å². The van der Waals surface area contributed by atoms with Crippen LogP contribution in [0.3, 0.4) is 0 Å². The van der Waals surface area contributed by atoms with Crippen LogP contribution in [0.1, 0.15) is 79.4 Å². The number of nitrogens with one attached hydrogen (secondary N) is 2. The van der Waals surface area contributed by atoms with Gasteiger partial charge in [-0.1, -0.05) is 31.0 Å². The molecule has 3 aromatic carbocycles. The fourth-order valence-electron chi connectivity index (χ4n) is 5.11. The van der Waals surface area contributed by atoms with Gasteiger partial charge in [0, 0.05) is 37.9 Å². The van der Waals surface area contributed by atoms with Gasteiger partial charge in [0.15, 0.2) is 0 Å². The Kier molecular flexibility index (Phi) is 16.2. The third-order valence-electron chi connectivity index (χ3n) is 7.78. The molecule has 0 bridgehead atoms. The van der Waals surface area contributed by atoms with Crippen LogP contribution in [0, 0.1) is 0 Å². The second-order valence-corrected chi connectivity index (χ2v) is 12.0. The van der Waals surface area contributed by atoms with E-state index in [-0.39, 0.29) is 41.3 Å². The Balaban J connectivity index is 1.36. The number of aromatic hydroxyl groups is 1. The number of urea groups is 1. The summed E-state index contributed by atoms with van der Waals surface area (Å²) in [5.74, 6) is -1.16. The smallest absolute Gasteiger partial charge is 0.416 e. The van der Waals surface area contributed by atoms with Gasteiger partial charge in [-0.2, -0.15) is 26.3 Å². The number of hydrogen-bond acceptors (Lipinski definition) is 8. The number of aryl methyl sites for hydroxylation is 1. The lowest BCUT2D eigenvalue weighted by molar-refractivity contribution is -0.143. The lowest BCUT2D eigenvalue weighted by Crippen LogP contribution is -2.37. The van der Waals surface area contributed by atoms with Crippen LogP contribution in [-0.4, -0.2) is 53.6 Å². The van der Waals surface area contributed by atoms with E-state index in [2.05, 4.69) is 10.6 Å². The highest BCUT2D eigenvalue weighted by atomic mass is 19.4. The summed E-state index contributed by atoms with van der Waals surface area (Å²) in [7, 11) is 0. The van der Waals surface area contributed by atoms with Crippen molar-refractivity contribution in [3.8, 4) is 5.75 Å². The number of carbonyl (C=O) groups is 2. The van der Waals surface area contributed by atoms with Gasteiger partial charge >= 0.3 is 24.4 Å². The normalized spacial score (nSPS) is 12.4. The third-order valence-corrected chi connectivity index (χ3v) is 7.78. The molecule has 52 heavy (non-hydrogen) atoms. The van der Waals surface area contributed by atoms with Gasteiger partial charge < -0.3 is 35.5 Å². The number of hydrogen-bond donors (Lipinski definition) is 5. The monoisotopic (exact) mass is 743 g/mol. The maximum Gasteiger partial charge on any atom is 0.416 e. The topological polar surface area (TPSA) is 141 Å². The van der Waals surface area contributed by atoms with Crippen LogP contribution in [0.25, 0.3) is 0 Å². The molecule has 0 fully saturated rings. The summed E-state index contributed by atoms with van der Waals surface area (Å²) in [6, 6.07) is 10.3. The molecule has 0 heterocycles. The standard InChI is InChI=1S/C36H43F6N3O7/c1-24(47)52-45(31-20-28(35(37,38)39)19-29(21-31)36(40,41)42)34(50)44-30-11-8-10-25(17-30)9-4-7-16-51-15-6-3-2-5-14-43-22-33(49)26-12-13-32(48)27(18-26)23-46/h8,10-13,17-21,33,43,46,48-49H,2-7,9,14-16,22-23H2,1H3,(H,44,50)/t33-/m0/s1. The molecule has 286 valence electrons. The number of nitrogens with zero attached hydrogens (tertiary/aromatic N) is 1. The molecule has 0 aliphatic rings. The minimum Gasteiger partial charge on any atom is -0.508 e. The van der Waals surface area contributed by atoms with Crippen molar-refractivity contribution in [3.63, 3.8) is 0 Å². The molecule has 3 aromatic rings. The van der Waals surface area contributed by atoms with Gasteiger partial charge in [0.1, 0.15) is 5.75 Å². The van der Waals surface area contributed by atoms with Crippen molar-refractivity contribution in [1.29, 1.82) is 0 Å². The molecule has 2 amide bonds. The highest BCUT2D eigenvalue weighted by Gasteiger charge is 2.38. The molecule has 0 radical (unpaired) electrons. The summed E-state index contributed by atoms with van der Waals surface area (Å²) < 4.78 is 86.0. The predicted octanol–water partition coefficient (Wildman–Crippen LogP) is 7.66. The summed E-state index contributed by atoms with van der Waals surface area (Å²) in [5, 5.41) is 34.8. The largest absolute Gasteiger partial charge is 0.508 e. The van der Waals surface area contributed by atoms with Gasteiger partial charge in [-0.3, -0.25) is 0 Å². The molecule has 3 rings (SSSR count). The number of amides is 2. The molecule has 0 aromatic heterocycles. The second-order valence-electron chi connectivity index (χ2n) is 12.0. The highest BCUT2D eigenvalue weighted by Crippen LogP contribution is 2.38. The van der Waals surface area contributed by atoms with E-state index in [1.165, 1.54) is 12.1 Å². The van der Waals surface area contributed by atoms with E-state index in [0.717, 1.165) is 57.6 Å². The number of benzene rings is 3. The summed E-state index contributed by atoms with van der Waals surface area (Å²) >= 11 is 0. The number of halogens is 6. The number of aliphatic hydroxyl groups excluding tert-OH is 2. The van der Waals surface area contributed by atoms with Crippen LogP contribution in [0.5, 0.6) is 5.75 Å². The van der Waals surface area contributed by atoms with Gasteiger partial charge in [0.25, 0.3) is 0 Å². The summed E-state index contributed by atoms with van der Waals surface area (Å²) in [6.07, 6.45) is -5.23. The molecule has 16 heteroatoms. The van der Waals surface area contributed by atoms with Crippen molar-refractivity contribution in [2.24, 2.45) is 0 Å². The lowest BCUT2D eigenvalue weighted by atomic mass is 10.1. The molecule has 0 saturated carbocycles. The van der Waals surface area contributed by atoms with E-state index in [1.54, 1.807) is 30.3 Å². The van der Waals surface area contributed by atoms with E-state index in [0.29, 0.717) is 37.3 Å². The first kappa shape index (κ1) is 42.0. The molecule has 0 aliphatic carbocycles. The number of anilines is 2. The molecule has 5 N–H and O–H groups in total. The van der Waals surface area contributed by atoms with Crippen LogP contribution in [0.2, 0.25) is 0 Å². The van der Waals surface area contributed by atoms with Crippen molar-refractivity contribution < 1.29 is 60.8 Å². The number of aliphatic hydroxyl groups is 2. The fraction of sp³-hybridized carbons (Fsp3) is 0.444. The van der Waals surface area contributed by atoms with Gasteiger partial charge in [-0.15, -0.1) is 5.06 Å². The van der Waals surface area contributed by atoms with Crippen LogP contribution in [0.15, 0.2) is 60.7 Å². The second kappa shape index (κ2) is 20.0. The Hall–Kier alpha value is -4.38. The van der Waals surface area contributed by atoms with Gasteiger partial charge in [0.2, 0.25) is 0 Å². The van der Waals surface area contributed by atoms with Crippen LogP contribution < -0.4 is 15.7 Å². The number of carbonyl (C=O) groups excluding carboxylic acids is 2. The first-order chi connectivity index (χ1) is 24.6. The maximum atomic E-state index is 13.4. The molecular formula is C36H43F6N3O7. The Labute approximate surface area is 297 Å². The predicted molar refractivity (Wildman–Crippen MR) is 180 cm³/mol. The Bertz CT molecular complexity index is 1570. The average molecular weight is 744 g/mol. The molecule has 0 aliphatic heterocycles. The van der Waals surface area contributed by atoms with Gasteiger partial charge in [-0.25, -0.2) is 9.59 Å². The number of hydroxylamine groups is 1. The third kappa shape index (κ3) is 14.0. The zero-order chi connectivity index (χ0) is 38.3. The molecule has 0 saturated heterocycles. The first-order valence-corrected chi connectivity index (χ1v) is 16.7. The van der Waals surface area contributed by atoms with Crippen molar-refractivity contribution >= 4 is 23.4 Å². The quantitative estimate of drug-likeness (QED) is 0.0509. The van der Waals surface area contributed by atoms with Crippen LogP contribution in [0.4, 0.5) is 42.5 Å². The van der Waals surface area contributed by atoms with Crippen molar-refractivity contribution in [3.05, 3.63) is 88.5 Å². The highest BCUT2D eigenvalue weighted by molar-refractivity contribution is 6.01. The number of rotatable bonds is 18. The molecule has 10 nitrogen and oxygen atoms in total. The fourth-order valence-corrected chi connectivity index (χ4v) is 5.11. The Morgan fingerprint density at radius 2 is 1.50 bits per heavy atom. The summed E-state index contributed by atoms with van der Waals surface area (Å²) in [5.41, 5.74) is -2.35. The van der Waals surface area contributed by atoms with E-state index in [4.69, 9.17) is 9.57 Å². The minimum atomic E-state index is -5.18. The summed E-state index contributed by atoms with van der Waals surface area (Å²) in [6.45, 7) is 2.77. The molecule has 0 spiro atoms. The molecular weight excluding hydrogens is 700 g/mol. The zero-order valence-corrected chi connectivity index (χ0v) is 28.5. The van der Waals surface area contributed by atoms with Crippen molar-refractivity contribution in [2.45, 2.75) is 76.9 Å². The minimum absolute atomic E-state index is 0.0137. The van der Waals surface area contributed by atoms with E-state index in [1.807, 2.05) is 0 Å². The average Bonchev–Trinajstić information content (AvgIpc) is 3.08. The van der Waals surface area contributed by atoms with E-state index in [9.17, 15) is 51.3 Å². The Morgan fingerprint density at radius 3 is 2.13 bits per heavy atom. The molecule has 0 unspecified atom stereocenters. The van der Waals surface area contributed by atoms with Gasteiger partial charge in [-0.05, 0) is 92.2 Å². The number of ether oxygens (including phenoxy) is 1. The number of phenols is 1. The summed E-state index contributed by atoms with van der Waals surface area (Å²) in [4.78, 5) is 29.4. The van der Waals surface area contributed by atoms with Gasteiger partial charge in [0.05, 0.1) is 29.5 Å². The first-order valence-electron chi connectivity index (χ1n) is 16.7. The van der Waals surface area contributed by atoms with E-state index >= 15 is 0 Å². The van der Waals surface area contributed by atoms with Crippen molar-refractivity contribution in [2.75, 3.05) is 36.7 Å². The van der Waals surface area contributed by atoms with Crippen molar-refractivity contribution in [1.82, 2.24) is 5.32 Å². The number of alkyl halides is 6.